The second-order valence-corrected chi connectivity index (χ2v) is 7.38. The van der Waals surface area contributed by atoms with Gasteiger partial charge >= 0.3 is 0 Å². The summed E-state index contributed by atoms with van der Waals surface area (Å²) in [4.78, 5) is 9.93. The van der Waals surface area contributed by atoms with Crippen molar-refractivity contribution in [3.05, 3.63) is 0 Å². The number of nitrogens with zero attached hydrogens (tertiary/aromatic N) is 3. The first-order valence-corrected chi connectivity index (χ1v) is 10.0. The molecule has 2 unspecified atom stereocenters. The molecule has 5 nitrogen and oxygen atoms in total. The first kappa shape index (κ1) is 23.0. The van der Waals surface area contributed by atoms with Gasteiger partial charge in [-0.2, -0.15) is 0 Å². The minimum absolute atomic E-state index is 0. The van der Waals surface area contributed by atoms with Crippen LogP contribution >= 0.6 is 24.0 Å². The molecule has 25 heavy (non-hydrogen) atoms. The van der Waals surface area contributed by atoms with Crippen LogP contribution in [0.2, 0.25) is 0 Å². The molecular formula is C19H39IN4O. The maximum atomic E-state index is 5.30. The summed E-state index contributed by atoms with van der Waals surface area (Å²) >= 11 is 0. The number of hydrogen-bond donors (Lipinski definition) is 1. The zero-order valence-corrected chi connectivity index (χ0v) is 18.8. The number of rotatable bonds is 8. The Morgan fingerprint density at radius 3 is 2.76 bits per heavy atom. The van der Waals surface area contributed by atoms with Gasteiger partial charge in [0.15, 0.2) is 5.96 Å². The normalized spacial score (nSPS) is 25.1. The monoisotopic (exact) mass is 466 g/mol. The average molecular weight is 466 g/mol. The van der Waals surface area contributed by atoms with Crippen LogP contribution in [0.25, 0.3) is 0 Å². The number of unbranched alkanes of at least 4 members (excludes halogenated alkanes) is 1. The number of ether oxygens (including phenoxy) is 1. The van der Waals surface area contributed by atoms with Crippen LogP contribution in [-0.4, -0.2) is 74.8 Å². The molecule has 1 N–H and O–H groups in total. The van der Waals surface area contributed by atoms with Gasteiger partial charge in [-0.1, -0.05) is 6.42 Å². The lowest BCUT2D eigenvalue weighted by Crippen LogP contribution is -2.40. The topological polar surface area (TPSA) is 40.1 Å². The molecule has 0 amide bonds. The van der Waals surface area contributed by atoms with Gasteiger partial charge in [0.25, 0.3) is 0 Å². The number of guanidine groups is 1. The Labute approximate surface area is 172 Å². The van der Waals surface area contributed by atoms with Gasteiger partial charge in [0.1, 0.15) is 0 Å². The van der Waals surface area contributed by atoms with Gasteiger partial charge in [-0.05, 0) is 59.0 Å². The number of halogens is 1. The van der Waals surface area contributed by atoms with Gasteiger partial charge < -0.3 is 19.9 Å². The van der Waals surface area contributed by atoms with E-state index in [-0.39, 0.29) is 24.0 Å². The Kier molecular flexibility index (Phi) is 12.1. The lowest BCUT2D eigenvalue weighted by Gasteiger charge is -2.33. The predicted octanol–water partition coefficient (Wildman–Crippen LogP) is 3.19. The number of hydrogen-bond acceptors (Lipinski definition) is 3. The van der Waals surface area contributed by atoms with E-state index in [9.17, 15) is 0 Å². The Balaban J connectivity index is 0.00000312. The minimum atomic E-state index is 0. The standard InChI is InChI=1S/C19H38N4O.HI/c1-4-20-19(23-14-10-18(15-23)16-24-3)21-11-6-8-13-22-12-7-5-9-17(22)2;/h17-18H,4-16H2,1-3H3,(H,20,21);1H. The van der Waals surface area contributed by atoms with Gasteiger partial charge in [-0.15, -0.1) is 24.0 Å². The highest BCUT2D eigenvalue weighted by atomic mass is 127. The van der Waals surface area contributed by atoms with Gasteiger partial charge in [-0.3, -0.25) is 4.99 Å². The van der Waals surface area contributed by atoms with Crippen LogP contribution in [0.1, 0.15) is 52.4 Å². The molecule has 6 heteroatoms. The number of methoxy groups -OCH3 is 1. The molecule has 0 aliphatic carbocycles. The third kappa shape index (κ3) is 7.99. The summed E-state index contributed by atoms with van der Waals surface area (Å²) in [6.07, 6.45) is 7.83. The van der Waals surface area contributed by atoms with Crippen molar-refractivity contribution in [2.75, 3.05) is 53.0 Å². The summed E-state index contributed by atoms with van der Waals surface area (Å²) in [5.41, 5.74) is 0. The van der Waals surface area contributed by atoms with Crippen molar-refractivity contribution < 1.29 is 4.74 Å². The van der Waals surface area contributed by atoms with E-state index in [0.29, 0.717) is 5.92 Å². The molecule has 0 spiro atoms. The van der Waals surface area contributed by atoms with E-state index in [1.165, 1.54) is 51.6 Å². The van der Waals surface area contributed by atoms with Crippen LogP contribution < -0.4 is 5.32 Å². The largest absolute Gasteiger partial charge is 0.384 e. The molecule has 0 saturated carbocycles. The van der Waals surface area contributed by atoms with Crippen molar-refractivity contribution in [2.45, 2.75) is 58.4 Å². The quantitative estimate of drug-likeness (QED) is 0.258. The lowest BCUT2D eigenvalue weighted by molar-refractivity contribution is 0.157. The highest BCUT2D eigenvalue weighted by Gasteiger charge is 2.24. The minimum Gasteiger partial charge on any atom is -0.384 e. The third-order valence-corrected chi connectivity index (χ3v) is 5.38. The summed E-state index contributed by atoms with van der Waals surface area (Å²) < 4.78 is 5.30. The molecule has 0 radical (unpaired) electrons. The Morgan fingerprint density at radius 1 is 1.20 bits per heavy atom. The highest BCUT2D eigenvalue weighted by Crippen LogP contribution is 2.17. The van der Waals surface area contributed by atoms with E-state index in [2.05, 4.69) is 29.0 Å². The molecule has 2 aliphatic rings. The third-order valence-electron chi connectivity index (χ3n) is 5.38. The number of likely N-dealkylation sites (tertiary alicyclic amines) is 2. The SMILES string of the molecule is CCNC(=NCCCCN1CCCCC1C)N1CCC(COC)C1.I. The molecule has 2 saturated heterocycles. The van der Waals surface area contributed by atoms with Crippen LogP contribution in [0.4, 0.5) is 0 Å². The van der Waals surface area contributed by atoms with E-state index in [0.717, 1.165) is 44.8 Å². The number of piperidine rings is 1. The smallest absolute Gasteiger partial charge is 0.193 e. The molecule has 2 atom stereocenters. The van der Waals surface area contributed by atoms with E-state index in [1.54, 1.807) is 7.11 Å². The molecule has 2 fully saturated rings. The van der Waals surface area contributed by atoms with Crippen LogP contribution in [0.5, 0.6) is 0 Å². The zero-order chi connectivity index (χ0) is 17.2. The molecule has 148 valence electrons. The van der Waals surface area contributed by atoms with Crippen molar-refractivity contribution in [1.82, 2.24) is 15.1 Å². The summed E-state index contributed by atoms with van der Waals surface area (Å²) in [7, 11) is 1.80. The fourth-order valence-electron chi connectivity index (χ4n) is 3.92. The first-order chi connectivity index (χ1) is 11.7. The molecule has 0 aromatic rings. The molecule has 2 aliphatic heterocycles. The van der Waals surface area contributed by atoms with E-state index in [4.69, 9.17) is 9.73 Å². The molecule has 0 aromatic carbocycles. The molecule has 2 heterocycles. The van der Waals surface area contributed by atoms with E-state index in [1.807, 2.05) is 0 Å². The fraction of sp³-hybridized carbons (Fsp3) is 0.947. The van der Waals surface area contributed by atoms with Crippen molar-refractivity contribution in [1.29, 1.82) is 0 Å². The predicted molar refractivity (Wildman–Crippen MR) is 117 cm³/mol. The first-order valence-electron chi connectivity index (χ1n) is 10.0. The lowest BCUT2D eigenvalue weighted by atomic mass is 10.0. The summed E-state index contributed by atoms with van der Waals surface area (Å²) in [6.45, 7) is 12.0. The molecular weight excluding hydrogens is 427 g/mol. The summed E-state index contributed by atoms with van der Waals surface area (Å²) in [6, 6.07) is 0.780. The van der Waals surface area contributed by atoms with Gasteiger partial charge in [0, 0.05) is 45.2 Å². The zero-order valence-electron chi connectivity index (χ0n) is 16.5. The van der Waals surface area contributed by atoms with Crippen molar-refractivity contribution in [3.8, 4) is 0 Å². The van der Waals surface area contributed by atoms with E-state index < -0.39 is 0 Å². The van der Waals surface area contributed by atoms with Gasteiger partial charge in [0.2, 0.25) is 0 Å². The second kappa shape index (κ2) is 13.1. The van der Waals surface area contributed by atoms with Gasteiger partial charge in [-0.25, -0.2) is 0 Å². The van der Waals surface area contributed by atoms with Crippen molar-refractivity contribution >= 4 is 29.9 Å². The van der Waals surface area contributed by atoms with Gasteiger partial charge in [0.05, 0.1) is 6.61 Å². The van der Waals surface area contributed by atoms with Crippen LogP contribution in [0.3, 0.4) is 0 Å². The fourth-order valence-corrected chi connectivity index (χ4v) is 3.92. The Bertz CT molecular complexity index is 380. The van der Waals surface area contributed by atoms with Crippen LogP contribution in [-0.2, 0) is 4.74 Å². The van der Waals surface area contributed by atoms with Crippen LogP contribution in [0, 0.1) is 5.92 Å². The van der Waals surface area contributed by atoms with E-state index >= 15 is 0 Å². The average Bonchev–Trinajstić information content (AvgIpc) is 3.04. The maximum absolute atomic E-state index is 5.30. The van der Waals surface area contributed by atoms with Crippen molar-refractivity contribution in [2.24, 2.45) is 10.9 Å². The Morgan fingerprint density at radius 2 is 2.04 bits per heavy atom. The van der Waals surface area contributed by atoms with Crippen molar-refractivity contribution in [3.63, 3.8) is 0 Å². The Hall–Kier alpha value is -0.0800. The molecule has 0 aromatic heterocycles. The summed E-state index contributed by atoms with van der Waals surface area (Å²) in [5, 5.41) is 3.46. The highest BCUT2D eigenvalue weighted by molar-refractivity contribution is 14.0. The second-order valence-electron chi connectivity index (χ2n) is 7.38. The number of nitrogens with one attached hydrogen (secondary N) is 1. The molecule has 0 bridgehead atoms. The summed E-state index contributed by atoms with van der Waals surface area (Å²) in [5.74, 6) is 1.75. The molecule has 2 rings (SSSR count). The number of aliphatic imine (C=N–C) groups is 1. The van der Waals surface area contributed by atoms with Crippen LogP contribution in [0.15, 0.2) is 4.99 Å². The maximum Gasteiger partial charge on any atom is 0.193 e.